The molecule has 1 N–H and O–H groups in total. The molecule has 2 rings (SSSR count). The highest BCUT2D eigenvalue weighted by Crippen LogP contribution is 2.25. The van der Waals surface area contributed by atoms with E-state index in [1.807, 2.05) is 25.3 Å². The van der Waals surface area contributed by atoms with E-state index < -0.39 is 15.9 Å². The SMILES string of the molecule is C=CCNC(=O)CN(c1ccc(C)cc1)S(=O)(=O)c1ccc(SC)cc1. The van der Waals surface area contributed by atoms with Gasteiger partial charge in [-0.05, 0) is 49.6 Å². The Kier molecular flexibility index (Phi) is 6.88. The summed E-state index contributed by atoms with van der Waals surface area (Å²) in [6, 6.07) is 13.7. The third-order valence-corrected chi connectivity index (χ3v) is 6.23. The largest absolute Gasteiger partial charge is 0.351 e. The Morgan fingerprint density at radius 2 is 1.77 bits per heavy atom. The average Bonchev–Trinajstić information content (AvgIpc) is 2.65. The van der Waals surface area contributed by atoms with Gasteiger partial charge in [0, 0.05) is 11.4 Å². The molecule has 0 spiro atoms. The minimum absolute atomic E-state index is 0.146. The molecule has 26 heavy (non-hydrogen) atoms. The molecule has 0 atom stereocenters. The fourth-order valence-corrected chi connectivity index (χ4v) is 4.10. The van der Waals surface area contributed by atoms with Gasteiger partial charge in [0.25, 0.3) is 10.0 Å². The highest BCUT2D eigenvalue weighted by Gasteiger charge is 2.27. The van der Waals surface area contributed by atoms with Gasteiger partial charge in [0.05, 0.1) is 10.6 Å². The van der Waals surface area contributed by atoms with Gasteiger partial charge in [-0.25, -0.2) is 8.42 Å². The fraction of sp³-hybridized carbons (Fsp3) is 0.211. The summed E-state index contributed by atoms with van der Waals surface area (Å²) in [6.07, 6.45) is 3.47. The molecule has 0 aliphatic rings. The van der Waals surface area contributed by atoms with Gasteiger partial charge in [-0.2, -0.15) is 0 Å². The molecule has 0 bridgehead atoms. The van der Waals surface area contributed by atoms with Crippen LogP contribution in [0.25, 0.3) is 0 Å². The van der Waals surface area contributed by atoms with Crippen molar-refractivity contribution in [2.75, 3.05) is 23.7 Å². The summed E-state index contributed by atoms with van der Waals surface area (Å²) in [5.74, 6) is -0.394. The Morgan fingerprint density at radius 1 is 1.15 bits per heavy atom. The number of anilines is 1. The van der Waals surface area contributed by atoms with E-state index in [2.05, 4.69) is 11.9 Å². The molecule has 0 saturated carbocycles. The molecule has 7 heteroatoms. The molecule has 0 unspecified atom stereocenters. The first kappa shape index (κ1) is 20.1. The molecule has 5 nitrogen and oxygen atoms in total. The number of aryl methyl sites for hydroxylation is 1. The Balaban J connectivity index is 2.41. The van der Waals surface area contributed by atoms with Gasteiger partial charge in [0.2, 0.25) is 5.91 Å². The summed E-state index contributed by atoms with van der Waals surface area (Å²) in [5, 5.41) is 2.62. The van der Waals surface area contributed by atoms with E-state index >= 15 is 0 Å². The van der Waals surface area contributed by atoms with E-state index in [1.54, 1.807) is 42.5 Å². The van der Waals surface area contributed by atoms with E-state index in [4.69, 9.17) is 0 Å². The predicted octanol–water partition coefficient (Wildman–Crippen LogP) is 3.21. The first-order valence-corrected chi connectivity index (χ1v) is 10.7. The Morgan fingerprint density at radius 3 is 2.31 bits per heavy atom. The summed E-state index contributed by atoms with van der Waals surface area (Å²) in [6.45, 7) is 5.44. The topological polar surface area (TPSA) is 66.5 Å². The van der Waals surface area contributed by atoms with Crippen molar-refractivity contribution in [1.29, 1.82) is 0 Å². The Labute approximate surface area is 159 Å². The minimum Gasteiger partial charge on any atom is -0.351 e. The lowest BCUT2D eigenvalue weighted by Crippen LogP contribution is -2.40. The van der Waals surface area contributed by atoms with Crippen molar-refractivity contribution in [1.82, 2.24) is 5.32 Å². The van der Waals surface area contributed by atoms with Gasteiger partial charge in [-0.15, -0.1) is 18.3 Å². The molecule has 0 aliphatic carbocycles. The van der Waals surface area contributed by atoms with E-state index in [0.717, 1.165) is 14.8 Å². The predicted molar refractivity (Wildman–Crippen MR) is 107 cm³/mol. The molecule has 138 valence electrons. The van der Waals surface area contributed by atoms with Crippen LogP contribution in [0.15, 0.2) is 71.0 Å². The van der Waals surface area contributed by atoms with Gasteiger partial charge >= 0.3 is 0 Å². The number of rotatable bonds is 8. The second-order valence-corrected chi connectivity index (χ2v) is 8.36. The van der Waals surface area contributed by atoms with E-state index in [0.29, 0.717) is 5.69 Å². The number of thioether (sulfide) groups is 1. The summed E-state index contributed by atoms with van der Waals surface area (Å²) < 4.78 is 27.4. The third kappa shape index (κ3) is 4.89. The molecule has 0 heterocycles. The molecule has 2 aromatic rings. The molecule has 1 amide bonds. The van der Waals surface area contributed by atoms with Crippen molar-refractivity contribution in [2.24, 2.45) is 0 Å². The molecule has 0 aliphatic heterocycles. The van der Waals surface area contributed by atoms with Gasteiger partial charge in [0.15, 0.2) is 0 Å². The number of amides is 1. The van der Waals surface area contributed by atoms with Crippen molar-refractivity contribution in [2.45, 2.75) is 16.7 Å². The third-order valence-electron chi connectivity index (χ3n) is 3.70. The molecule has 0 radical (unpaired) electrons. The van der Waals surface area contributed by atoms with Crippen LogP contribution in [-0.2, 0) is 14.8 Å². The van der Waals surface area contributed by atoms with E-state index in [9.17, 15) is 13.2 Å². The van der Waals surface area contributed by atoms with Gasteiger partial charge < -0.3 is 5.32 Å². The van der Waals surface area contributed by atoms with Gasteiger partial charge in [-0.1, -0.05) is 23.8 Å². The molecule has 0 saturated heterocycles. The van der Waals surface area contributed by atoms with Crippen molar-refractivity contribution >= 4 is 33.4 Å². The van der Waals surface area contributed by atoms with Gasteiger partial charge in [-0.3, -0.25) is 9.10 Å². The van der Waals surface area contributed by atoms with E-state index in [-0.39, 0.29) is 18.0 Å². The maximum absolute atomic E-state index is 13.1. The van der Waals surface area contributed by atoms with Crippen LogP contribution in [0, 0.1) is 6.92 Å². The molecule has 2 aromatic carbocycles. The lowest BCUT2D eigenvalue weighted by molar-refractivity contribution is -0.119. The number of carbonyl (C=O) groups is 1. The second kappa shape index (κ2) is 8.91. The second-order valence-electron chi connectivity index (χ2n) is 5.62. The molecule has 0 aromatic heterocycles. The number of hydrogen-bond acceptors (Lipinski definition) is 4. The zero-order valence-corrected chi connectivity index (χ0v) is 16.4. The summed E-state index contributed by atoms with van der Waals surface area (Å²) >= 11 is 1.53. The standard InChI is InChI=1S/C19H22N2O3S2/c1-4-13-20-19(22)14-21(16-7-5-15(2)6-8-16)26(23,24)18-11-9-17(25-3)10-12-18/h4-12H,1,13-14H2,2-3H3,(H,20,22). The van der Waals surface area contributed by atoms with Crippen LogP contribution in [0.3, 0.4) is 0 Å². The van der Waals surface area contributed by atoms with Crippen LogP contribution in [0.5, 0.6) is 0 Å². The first-order chi connectivity index (χ1) is 12.4. The number of sulfonamides is 1. The number of nitrogens with zero attached hydrogens (tertiary/aromatic N) is 1. The number of carbonyl (C=O) groups excluding carboxylic acids is 1. The first-order valence-electron chi connectivity index (χ1n) is 7.99. The van der Waals surface area contributed by atoms with Crippen LogP contribution in [-0.4, -0.2) is 33.7 Å². The fourth-order valence-electron chi connectivity index (χ4n) is 2.27. The molecular weight excluding hydrogens is 368 g/mol. The van der Waals surface area contributed by atoms with Crippen molar-refractivity contribution in [3.63, 3.8) is 0 Å². The summed E-state index contributed by atoms with van der Waals surface area (Å²) in [4.78, 5) is 13.3. The van der Waals surface area contributed by atoms with Crippen molar-refractivity contribution in [3.8, 4) is 0 Å². The number of benzene rings is 2. The lowest BCUT2D eigenvalue weighted by Gasteiger charge is -2.24. The quantitative estimate of drug-likeness (QED) is 0.555. The summed E-state index contributed by atoms with van der Waals surface area (Å²) in [5.41, 5.74) is 1.45. The highest BCUT2D eigenvalue weighted by molar-refractivity contribution is 7.98. The van der Waals surface area contributed by atoms with Crippen LogP contribution < -0.4 is 9.62 Å². The van der Waals surface area contributed by atoms with Crippen LogP contribution in [0.1, 0.15) is 5.56 Å². The van der Waals surface area contributed by atoms with Crippen LogP contribution in [0.2, 0.25) is 0 Å². The molecule has 0 fully saturated rings. The number of hydrogen-bond donors (Lipinski definition) is 1. The summed E-state index contributed by atoms with van der Waals surface area (Å²) in [7, 11) is -3.87. The van der Waals surface area contributed by atoms with Crippen molar-refractivity contribution in [3.05, 3.63) is 66.7 Å². The maximum atomic E-state index is 13.1. The lowest BCUT2D eigenvalue weighted by atomic mass is 10.2. The zero-order valence-electron chi connectivity index (χ0n) is 14.8. The number of nitrogens with one attached hydrogen (secondary N) is 1. The van der Waals surface area contributed by atoms with E-state index in [1.165, 1.54) is 11.8 Å². The minimum atomic E-state index is -3.87. The smallest absolute Gasteiger partial charge is 0.264 e. The van der Waals surface area contributed by atoms with Crippen molar-refractivity contribution < 1.29 is 13.2 Å². The monoisotopic (exact) mass is 390 g/mol. The normalized spacial score (nSPS) is 11.0. The molecular formula is C19H22N2O3S2. The Bertz CT molecular complexity index is 861. The highest BCUT2D eigenvalue weighted by atomic mass is 32.2. The maximum Gasteiger partial charge on any atom is 0.264 e. The average molecular weight is 391 g/mol. The van der Waals surface area contributed by atoms with Crippen LogP contribution in [0.4, 0.5) is 5.69 Å². The zero-order chi connectivity index (χ0) is 19.2. The Hall–Kier alpha value is -2.25. The van der Waals surface area contributed by atoms with Gasteiger partial charge in [0.1, 0.15) is 6.54 Å². The van der Waals surface area contributed by atoms with Crippen LogP contribution >= 0.6 is 11.8 Å².